The standard InChI is InChI=1S/C10H18NO/c1-3-11(2)10(12)9-7-5-4-6-8-9/h9H,1,3-8H2,2H3. The average molecular weight is 168 g/mol. The van der Waals surface area contributed by atoms with Crippen molar-refractivity contribution in [2.24, 2.45) is 5.92 Å². The Bertz CT molecular complexity index is 150. The number of rotatable bonds is 2. The van der Waals surface area contributed by atoms with E-state index >= 15 is 0 Å². The van der Waals surface area contributed by atoms with Crippen LogP contribution < -0.4 is 0 Å². The maximum absolute atomic E-state index is 11.6. The zero-order valence-electron chi connectivity index (χ0n) is 7.88. The molecule has 1 fully saturated rings. The first-order valence-corrected chi connectivity index (χ1v) is 4.80. The van der Waals surface area contributed by atoms with Gasteiger partial charge in [0.1, 0.15) is 0 Å². The second-order valence-corrected chi connectivity index (χ2v) is 3.59. The highest BCUT2D eigenvalue weighted by atomic mass is 16.2. The smallest absolute Gasteiger partial charge is 0.225 e. The van der Waals surface area contributed by atoms with Crippen LogP contribution in [0, 0.1) is 12.8 Å². The van der Waals surface area contributed by atoms with Crippen LogP contribution in [0.5, 0.6) is 0 Å². The van der Waals surface area contributed by atoms with E-state index < -0.39 is 0 Å². The molecular formula is C10H18NO. The molecule has 0 aromatic heterocycles. The van der Waals surface area contributed by atoms with Gasteiger partial charge in [0, 0.05) is 19.5 Å². The van der Waals surface area contributed by atoms with Gasteiger partial charge < -0.3 is 4.90 Å². The lowest BCUT2D eigenvalue weighted by molar-refractivity contribution is -0.134. The van der Waals surface area contributed by atoms with Crippen molar-refractivity contribution in [3.63, 3.8) is 0 Å². The van der Waals surface area contributed by atoms with E-state index in [9.17, 15) is 4.79 Å². The van der Waals surface area contributed by atoms with E-state index in [-0.39, 0.29) is 0 Å². The van der Waals surface area contributed by atoms with Crippen molar-refractivity contribution in [3.05, 3.63) is 6.92 Å². The quantitative estimate of drug-likeness (QED) is 0.616. The fourth-order valence-corrected chi connectivity index (χ4v) is 1.77. The lowest BCUT2D eigenvalue weighted by atomic mass is 9.88. The van der Waals surface area contributed by atoms with Crippen LogP contribution in [0.4, 0.5) is 0 Å². The molecule has 1 radical (unpaired) electrons. The number of hydrogen-bond acceptors (Lipinski definition) is 1. The zero-order valence-corrected chi connectivity index (χ0v) is 7.88. The molecule has 0 heterocycles. The minimum atomic E-state index is 0.296. The van der Waals surface area contributed by atoms with E-state index in [1.165, 1.54) is 19.3 Å². The summed E-state index contributed by atoms with van der Waals surface area (Å²) in [6, 6.07) is 0. The van der Waals surface area contributed by atoms with Gasteiger partial charge in [-0.2, -0.15) is 0 Å². The maximum atomic E-state index is 11.6. The predicted octanol–water partition coefficient (Wildman–Crippen LogP) is 1.86. The lowest BCUT2D eigenvalue weighted by Gasteiger charge is -2.25. The molecule has 2 heteroatoms. The molecule has 0 unspecified atom stereocenters. The molecule has 1 amide bonds. The first-order valence-electron chi connectivity index (χ1n) is 4.80. The number of amides is 1. The molecule has 0 bridgehead atoms. The third kappa shape index (κ3) is 2.23. The first-order chi connectivity index (χ1) is 5.75. The summed E-state index contributed by atoms with van der Waals surface area (Å²) in [6.07, 6.45) is 5.92. The monoisotopic (exact) mass is 168 g/mol. The van der Waals surface area contributed by atoms with Crippen LogP contribution in [0.15, 0.2) is 0 Å². The van der Waals surface area contributed by atoms with Gasteiger partial charge >= 0.3 is 0 Å². The van der Waals surface area contributed by atoms with Crippen molar-refractivity contribution in [3.8, 4) is 0 Å². The Morgan fingerprint density at radius 2 is 2.00 bits per heavy atom. The van der Waals surface area contributed by atoms with Gasteiger partial charge in [-0.05, 0) is 19.8 Å². The molecule has 1 rings (SSSR count). The summed E-state index contributed by atoms with van der Waals surface area (Å²) in [7, 11) is 1.84. The Labute approximate surface area is 74.9 Å². The summed E-state index contributed by atoms with van der Waals surface area (Å²) < 4.78 is 0. The maximum Gasteiger partial charge on any atom is 0.225 e. The second kappa shape index (κ2) is 4.48. The molecular weight excluding hydrogens is 150 g/mol. The fourth-order valence-electron chi connectivity index (χ4n) is 1.77. The van der Waals surface area contributed by atoms with Gasteiger partial charge in [-0.3, -0.25) is 4.79 Å². The zero-order chi connectivity index (χ0) is 8.97. The molecule has 0 atom stereocenters. The van der Waals surface area contributed by atoms with Gasteiger partial charge in [-0.25, -0.2) is 0 Å². The van der Waals surface area contributed by atoms with Gasteiger partial charge in [0.05, 0.1) is 0 Å². The van der Waals surface area contributed by atoms with E-state index in [1.807, 2.05) is 7.05 Å². The number of hydrogen-bond donors (Lipinski definition) is 0. The predicted molar refractivity (Wildman–Crippen MR) is 49.6 cm³/mol. The average Bonchev–Trinajstić information content (AvgIpc) is 2.17. The van der Waals surface area contributed by atoms with Gasteiger partial charge in [0.15, 0.2) is 0 Å². The summed E-state index contributed by atoms with van der Waals surface area (Å²) in [5.41, 5.74) is 0. The van der Waals surface area contributed by atoms with Gasteiger partial charge in [0.25, 0.3) is 0 Å². The highest BCUT2D eigenvalue weighted by Gasteiger charge is 2.22. The van der Waals surface area contributed by atoms with Crippen molar-refractivity contribution >= 4 is 5.91 Å². The fraction of sp³-hybridized carbons (Fsp3) is 0.800. The summed E-state index contributed by atoms with van der Waals surface area (Å²) in [5.74, 6) is 0.593. The highest BCUT2D eigenvalue weighted by Crippen LogP contribution is 2.24. The van der Waals surface area contributed by atoms with Crippen LogP contribution in [0.1, 0.15) is 32.1 Å². The lowest BCUT2D eigenvalue weighted by Crippen LogP contribution is -2.33. The first kappa shape index (κ1) is 9.56. The molecule has 12 heavy (non-hydrogen) atoms. The van der Waals surface area contributed by atoms with Crippen LogP contribution in [0.25, 0.3) is 0 Å². The van der Waals surface area contributed by atoms with Crippen LogP contribution in [-0.4, -0.2) is 24.4 Å². The molecule has 69 valence electrons. The number of carbonyl (C=O) groups excluding carboxylic acids is 1. The van der Waals surface area contributed by atoms with Crippen LogP contribution in [-0.2, 0) is 4.79 Å². The van der Waals surface area contributed by atoms with Crippen LogP contribution in [0.3, 0.4) is 0 Å². The van der Waals surface area contributed by atoms with Gasteiger partial charge in [-0.15, -0.1) is 0 Å². The Balaban J connectivity index is 2.39. The molecule has 2 nitrogen and oxygen atoms in total. The van der Waals surface area contributed by atoms with Crippen molar-refractivity contribution in [1.29, 1.82) is 0 Å². The normalized spacial score (nSPS) is 19.2. The van der Waals surface area contributed by atoms with E-state index in [2.05, 4.69) is 6.92 Å². The third-order valence-corrected chi connectivity index (χ3v) is 2.67. The summed E-state index contributed by atoms with van der Waals surface area (Å²) in [4.78, 5) is 13.3. The molecule has 0 N–H and O–H groups in total. The van der Waals surface area contributed by atoms with Gasteiger partial charge in [-0.1, -0.05) is 19.3 Å². The summed E-state index contributed by atoms with van der Waals surface area (Å²) >= 11 is 0. The Morgan fingerprint density at radius 3 is 2.50 bits per heavy atom. The molecule has 0 spiro atoms. The molecule has 1 aliphatic rings. The van der Waals surface area contributed by atoms with Crippen molar-refractivity contribution < 1.29 is 4.79 Å². The molecule has 1 aliphatic carbocycles. The number of carbonyl (C=O) groups is 1. The summed E-state index contributed by atoms with van der Waals surface area (Å²) in [6.45, 7) is 4.30. The largest absolute Gasteiger partial charge is 0.346 e. The summed E-state index contributed by atoms with van der Waals surface area (Å²) in [5, 5.41) is 0. The van der Waals surface area contributed by atoms with Crippen LogP contribution >= 0.6 is 0 Å². The second-order valence-electron chi connectivity index (χ2n) is 3.59. The van der Waals surface area contributed by atoms with E-state index in [0.29, 0.717) is 18.4 Å². The minimum absolute atomic E-state index is 0.296. The Kier molecular flexibility index (Phi) is 3.57. The minimum Gasteiger partial charge on any atom is -0.346 e. The van der Waals surface area contributed by atoms with Crippen molar-refractivity contribution in [1.82, 2.24) is 4.90 Å². The Morgan fingerprint density at radius 1 is 1.42 bits per heavy atom. The topological polar surface area (TPSA) is 20.3 Å². The van der Waals surface area contributed by atoms with E-state index in [4.69, 9.17) is 0 Å². The van der Waals surface area contributed by atoms with Crippen molar-refractivity contribution in [2.45, 2.75) is 32.1 Å². The van der Waals surface area contributed by atoms with E-state index in [0.717, 1.165) is 12.8 Å². The third-order valence-electron chi connectivity index (χ3n) is 2.67. The molecule has 0 saturated heterocycles. The Hall–Kier alpha value is -0.530. The SMILES string of the molecule is [CH2]CN(C)C(=O)C1CCCCC1. The number of nitrogens with zero attached hydrogens (tertiary/aromatic N) is 1. The van der Waals surface area contributed by atoms with Crippen molar-refractivity contribution in [2.75, 3.05) is 13.6 Å². The molecule has 0 aliphatic heterocycles. The highest BCUT2D eigenvalue weighted by molar-refractivity contribution is 5.78. The van der Waals surface area contributed by atoms with Crippen LogP contribution in [0.2, 0.25) is 0 Å². The molecule has 0 aromatic rings. The molecule has 1 saturated carbocycles. The van der Waals surface area contributed by atoms with E-state index in [1.54, 1.807) is 4.90 Å². The van der Waals surface area contributed by atoms with Gasteiger partial charge in [0.2, 0.25) is 5.91 Å². The molecule has 0 aromatic carbocycles.